The van der Waals surface area contributed by atoms with Crippen LogP contribution in [0.1, 0.15) is 0 Å². The van der Waals surface area contributed by atoms with E-state index in [1.54, 1.807) is 8.23 Å². The molecule has 0 N–H and O–H groups in total. The van der Waals surface area contributed by atoms with Crippen molar-refractivity contribution in [1.82, 2.24) is 0 Å². The molecule has 0 atom stereocenters. The van der Waals surface area contributed by atoms with Crippen molar-refractivity contribution in [3.63, 3.8) is 0 Å². The van der Waals surface area contributed by atoms with Crippen molar-refractivity contribution in [2.45, 2.75) is 59.1 Å². The summed E-state index contributed by atoms with van der Waals surface area (Å²) in [6, 6.07) is 0. The monoisotopic (exact) mass is 850 g/mol. The lowest BCUT2D eigenvalue weighted by Crippen LogP contribution is -2.78. The molecule has 0 spiro atoms. The minimum atomic E-state index is -10.5. The first kappa shape index (κ1) is 45.6. The first-order chi connectivity index (χ1) is 19.6. The van der Waals surface area contributed by atoms with E-state index in [9.17, 15) is 129 Å². The van der Waals surface area contributed by atoms with E-state index in [4.69, 9.17) is 0 Å². The molecule has 0 rings (SSSR count). The Kier molecular flexibility index (Phi) is 11.3. The number of rotatable bonds is 15. The molecule has 0 heterocycles. The summed E-state index contributed by atoms with van der Waals surface area (Å²) in [7, 11) is -36.8. The fourth-order valence-corrected chi connectivity index (χ4v) is 7.77. The first-order valence-corrected chi connectivity index (χ1v) is 15.7. The molecule has 0 aromatic carbocycles. The molecule has 0 amide bonds. The van der Waals surface area contributed by atoms with E-state index in [1.165, 1.54) is 4.12 Å². The molecule has 0 unspecified atom stereocenters. The fraction of sp³-hybridized carbons (Fsp3) is 1.00. The van der Waals surface area contributed by atoms with Crippen LogP contribution in [0.3, 0.4) is 0 Å². The van der Waals surface area contributed by atoms with Crippen LogP contribution in [-0.2, 0) is 12.3 Å². The number of alkyl halides is 21. The normalized spacial score (nSPS) is 17.0. The lowest BCUT2D eigenvalue weighted by Gasteiger charge is -2.44. The molecule has 37 heteroatoms. The van der Waals surface area contributed by atoms with Gasteiger partial charge in [0.25, 0.3) is 0 Å². The largest absolute Gasteiger partial charge is 0.797 e. The highest BCUT2D eigenvalue weighted by Gasteiger charge is 2.99. The molecule has 284 valence electrons. The summed E-state index contributed by atoms with van der Waals surface area (Å²) in [6.07, 6.45) is -8.27. The van der Waals surface area contributed by atoms with Gasteiger partial charge in [-0.25, -0.2) is 37.0 Å². The zero-order chi connectivity index (χ0) is 39.1. The molecule has 47 heavy (non-hydrogen) atoms. The number of halogens is 30. The van der Waals surface area contributed by atoms with Gasteiger partial charge in [0, 0.05) is 0 Å². The van der Waals surface area contributed by atoms with Gasteiger partial charge in [-0.1, -0.05) is 0 Å². The summed E-state index contributed by atoms with van der Waals surface area (Å²) in [5, 5.41) is 0. The third-order valence-electron chi connectivity index (χ3n) is 4.60. The molecule has 0 radical (unpaired) electrons. The van der Waals surface area contributed by atoms with Gasteiger partial charge >= 0.3 is 95.9 Å². The van der Waals surface area contributed by atoms with Gasteiger partial charge in [-0.05, 0) is 0 Å². The molecule has 0 aliphatic carbocycles. The average Bonchev–Trinajstić information content (AvgIpc) is 2.73. The van der Waals surface area contributed by atoms with Crippen LogP contribution < -0.4 is 0 Å². The summed E-state index contributed by atoms with van der Waals surface area (Å²) in [6.45, 7) is 0. The van der Waals surface area contributed by atoms with Crippen LogP contribution in [0.2, 0.25) is 0 Å². The van der Waals surface area contributed by atoms with Gasteiger partial charge in [-0.2, -0.15) is 92.2 Å². The van der Waals surface area contributed by atoms with Crippen LogP contribution >= 0.6 is 0 Å². The van der Waals surface area contributed by atoms with Crippen molar-refractivity contribution in [2.24, 2.45) is 0 Å². The molecular weight excluding hydrogens is 850 g/mol. The molecule has 0 aromatic rings. The number of hydrogen-bond donors (Lipinski definition) is 0. The molecule has 0 aliphatic rings. The predicted octanol–water partition coefficient (Wildman–Crippen LogP) is 8.83. The third-order valence-corrected chi connectivity index (χ3v) is 11.4. The second-order valence-electron chi connectivity index (χ2n) is 7.86. The Labute approximate surface area is 238 Å². The zero-order valence-corrected chi connectivity index (χ0v) is 23.6. The third kappa shape index (κ3) is 7.14. The highest BCUT2D eigenvalue weighted by atomic mass is 28.6. The maximum absolute atomic E-state index is 13.6. The second-order valence-corrected chi connectivity index (χ2v) is 14.7. The van der Waals surface area contributed by atoms with Crippen molar-refractivity contribution in [1.29, 1.82) is 0 Å². The molecule has 0 saturated carbocycles. The zero-order valence-electron chi connectivity index (χ0n) is 19.6. The highest BCUT2D eigenvalue weighted by molar-refractivity contribution is 6.78. The van der Waals surface area contributed by atoms with E-state index < -0.39 is 95.9 Å². The highest BCUT2D eigenvalue weighted by Crippen LogP contribution is 2.67. The van der Waals surface area contributed by atoms with Crippen LogP contribution in [0.5, 0.6) is 0 Å². The predicted molar refractivity (Wildman–Crippen MR) is 86.8 cm³/mol. The maximum Gasteiger partial charge on any atom is 0.797 e. The van der Waals surface area contributed by atoms with Gasteiger partial charge < -0.3 is 12.3 Å². The minimum Gasteiger partial charge on any atom is -0.333 e. The Morgan fingerprint density at radius 2 is 0.511 bits per heavy atom. The van der Waals surface area contributed by atoms with E-state index in [1.807, 2.05) is 0 Å². The van der Waals surface area contributed by atoms with E-state index in [-0.39, 0.29) is 0 Å². The molecule has 0 bridgehead atoms. The molecule has 0 fully saturated rings. The SMILES string of the molecule is FC(F)(F)C(F)(F)C(F)(F)C(F)(F)C(F)(F)C(F)(F)C(F)(F)C(F)(F)C(F)(F)C(F)(F)[Si](F)(F)O[Si](F)(F)O[Si](F)(F)O[Si](F)(F)F. The van der Waals surface area contributed by atoms with E-state index in [2.05, 4.69) is 0 Å². The van der Waals surface area contributed by atoms with Gasteiger partial charge in [0.05, 0.1) is 0 Å². The van der Waals surface area contributed by atoms with Crippen molar-refractivity contribution in [2.75, 3.05) is 0 Å². The Hall–Kier alpha value is -1.35. The molecule has 0 saturated heterocycles. The van der Waals surface area contributed by atoms with E-state index in [0.29, 0.717) is 0 Å². The van der Waals surface area contributed by atoms with Gasteiger partial charge in [0.15, 0.2) is 0 Å². The van der Waals surface area contributed by atoms with Crippen molar-refractivity contribution < 1.29 is 142 Å². The molecular formula is C10F30O3Si4. The fourth-order valence-electron chi connectivity index (χ4n) is 2.27. The Morgan fingerprint density at radius 1 is 0.277 bits per heavy atom. The smallest absolute Gasteiger partial charge is 0.333 e. The Morgan fingerprint density at radius 3 is 0.766 bits per heavy atom. The van der Waals surface area contributed by atoms with Crippen LogP contribution in [0, 0.1) is 0 Å². The lowest BCUT2D eigenvalue weighted by atomic mass is 9.87. The first-order valence-electron chi connectivity index (χ1n) is 9.39. The maximum atomic E-state index is 13.6. The van der Waals surface area contributed by atoms with Crippen LogP contribution in [0.25, 0.3) is 0 Å². The van der Waals surface area contributed by atoms with Crippen molar-refractivity contribution >= 4 is 36.8 Å². The van der Waals surface area contributed by atoms with Crippen LogP contribution in [-0.4, -0.2) is 95.9 Å². The number of hydrogen-bond acceptors (Lipinski definition) is 3. The molecule has 0 aliphatic heterocycles. The Balaban J connectivity index is 7.09. The van der Waals surface area contributed by atoms with Crippen LogP contribution in [0.4, 0.5) is 129 Å². The van der Waals surface area contributed by atoms with Gasteiger partial charge in [0.1, 0.15) is 0 Å². The van der Waals surface area contributed by atoms with Gasteiger partial charge in [-0.15, -0.1) is 0 Å². The summed E-state index contributed by atoms with van der Waals surface area (Å²) in [5.74, 6) is -76.0. The van der Waals surface area contributed by atoms with Crippen molar-refractivity contribution in [3.8, 4) is 0 Å². The summed E-state index contributed by atoms with van der Waals surface area (Å²) in [5.41, 5.74) is -9.09. The Bertz CT molecular complexity index is 1120. The minimum absolute atomic E-state index is 1.31. The van der Waals surface area contributed by atoms with Gasteiger partial charge in [0.2, 0.25) is 0 Å². The second kappa shape index (κ2) is 11.6. The summed E-state index contributed by atoms with van der Waals surface area (Å²) < 4.78 is 396. The molecule has 3 nitrogen and oxygen atoms in total. The van der Waals surface area contributed by atoms with E-state index >= 15 is 0 Å². The van der Waals surface area contributed by atoms with Crippen molar-refractivity contribution in [3.05, 3.63) is 0 Å². The summed E-state index contributed by atoms with van der Waals surface area (Å²) >= 11 is 0. The standard InChI is InChI=1S/C10F30O3Si4/c11-1(12,3(15,16)5(19,20)7(23,24)9(27,28)29)2(13,14)4(17,18)6(21,22)8(25,26)10(30,31)44(32,33)41-46(37,38)43-47(39,40)42-45(34,35)36. The quantitative estimate of drug-likeness (QED) is 0.0938. The van der Waals surface area contributed by atoms with E-state index in [0.717, 1.165) is 0 Å². The topological polar surface area (TPSA) is 27.7 Å². The lowest BCUT2D eigenvalue weighted by molar-refractivity contribution is -0.472. The van der Waals surface area contributed by atoms with Gasteiger partial charge in [-0.3, -0.25) is 0 Å². The van der Waals surface area contributed by atoms with Crippen LogP contribution in [0.15, 0.2) is 0 Å². The average molecular weight is 850 g/mol. The summed E-state index contributed by atoms with van der Waals surface area (Å²) in [4.78, 5) is 0. The molecule has 0 aromatic heterocycles.